The SMILES string of the molecule is NC(=O)C(=O)NCCc1ccccc1C(F)(F)F. The number of alkyl halides is 3. The van der Waals surface area contributed by atoms with E-state index >= 15 is 0 Å². The second-order valence-corrected chi connectivity index (χ2v) is 3.53. The van der Waals surface area contributed by atoms with Crippen LogP contribution in [0.15, 0.2) is 24.3 Å². The molecule has 0 bridgehead atoms. The maximum atomic E-state index is 12.6. The van der Waals surface area contributed by atoms with Gasteiger partial charge in [0.25, 0.3) is 0 Å². The van der Waals surface area contributed by atoms with Gasteiger partial charge in [0.05, 0.1) is 5.56 Å². The van der Waals surface area contributed by atoms with Crippen LogP contribution >= 0.6 is 0 Å². The zero-order valence-corrected chi connectivity index (χ0v) is 9.25. The first-order valence-electron chi connectivity index (χ1n) is 5.05. The van der Waals surface area contributed by atoms with Gasteiger partial charge in [-0.05, 0) is 18.1 Å². The summed E-state index contributed by atoms with van der Waals surface area (Å²) in [5.41, 5.74) is 3.98. The van der Waals surface area contributed by atoms with E-state index in [0.29, 0.717) is 0 Å². The van der Waals surface area contributed by atoms with Gasteiger partial charge < -0.3 is 11.1 Å². The molecule has 0 atom stereocenters. The summed E-state index contributed by atoms with van der Waals surface area (Å²) in [6, 6.07) is 5.04. The first kappa shape index (κ1) is 14.0. The van der Waals surface area contributed by atoms with Crippen molar-refractivity contribution < 1.29 is 22.8 Å². The minimum atomic E-state index is -4.44. The van der Waals surface area contributed by atoms with Gasteiger partial charge in [-0.15, -0.1) is 0 Å². The van der Waals surface area contributed by atoms with Crippen LogP contribution in [0.1, 0.15) is 11.1 Å². The van der Waals surface area contributed by atoms with E-state index in [1.54, 1.807) is 0 Å². The predicted molar refractivity (Wildman–Crippen MR) is 57.4 cm³/mol. The Morgan fingerprint density at radius 1 is 1.22 bits per heavy atom. The van der Waals surface area contributed by atoms with Crippen LogP contribution < -0.4 is 11.1 Å². The summed E-state index contributed by atoms with van der Waals surface area (Å²) in [6.45, 7) is -0.0884. The molecule has 0 fully saturated rings. The highest BCUT2D eigenvalue weighted by atomic mass is 19.4. The maximum Gasteiger partial charge on any atom is 0.416 e. The van der Waals surface area contributed by atoms with Crippen molar-refractivity contribution in [2.45, 2.75) is 12.6 Å². The van der Waals surface area contributed by atoms with Crippen molar-refractivity contribution in [1.82, 2.24) is 5.32 Å². The summed E-state index contributed by atoms with van der Waals surface area (Å²) in [6.07, 6.45) is -4.47. The smallest absolute Gasteiger partial charge is 0.361 e. The van der Waals surface area contributed by atoms with Crippen molar-refractivity contribution >= 4 is 11.8 Å². The largest absolute Gasteiger partial charge is 0.416 e. The van der Waals surface area contributed by atoms with Crippen molar-refractivity contribution in [3.05, 3.63) is 35.4 Å². The molecule has 0 aromatic heterocycles. The van der Waals surface area contributed by atoms with Crippen LogP contribution in [0.25, 0.3) is 0 Å². The van der Waals surface area contributed by atoms with Gasteiger partial charge in [-0.3, -0.25) is 9.59 Å². The Balaban J connectivity index is 2.68. The molecule has 0 aliphatic rings. The molecule has 0 heterocycles. The molecular formula is C11H11F3N2O2. The number of nitrogens with two attached hydrogens (primary N) is 1. The molecule has 0 radical (unpaired) electrons. The van der Waals surface area contributed by atoms with Crippen LogP contribution in [-0.2, 0) is 22.2 Å². The predicted octanol–water partition coefficient (Wildman–Crippen LogP) is 0.849. The van der Waals surface area contributed by atoms with Crippen molar-refractivity contribution in [3.8, 4) is 0 Å². The molecule has 0 unspecified atom stereocenters. The average molecular weight is 260 g/mol. The zero-order chi connectivity index (χ0) is 13.8. The molecule has 0 saturated carbocycles. The third-order valence-electron chi connectivity index (χ3n) is 2.23. The number of hydrogen-bond donors (Lipinski definition) is 2. The van der Waals surface area contributed by atoms with Crippen LogP contribution in [0.5, 0.6) is 0 Å². The summed E-state index contributed by atoms with van der Waals surface area (Å²) in [5, 5.41) is 2.13. The molecule has 1 aromatic carbocycles. The second kappa shape index (κ2) is 5.52. The number of benzene rings is 1. The van der Waals surface area contributed by atoms with Crippen molar-refractivity contribution in [3.63, 3.8) is 0 Å². The van der Waals surface area contributed by atoms with Gasteiger partial charge in [-0.1, -0.05) is 18.2 Å². The normalized spacial score (nSPS) is 11.1. The van der Waals surface area contributed by atoms with Crippen molar-refractivity contribution in [2.75, 3.05) is 6.54 Å². The Kier molecular flexibility index (Phi) is 4.30. The maximum absolute atomic E-state index is 12.6. The summed E-state index contributed by atoms with van der Waals surface area (Å²) in [5.74, 6) is -2.18. The fourth-order valence-electron chi connectivity index (χ4n) is 1.41. The number of hydrogen-bond acceptors (Lipinski definition) is 2. The molecule has 18 heavy (non-hydrogen) atoms. The molecule has 98 valence electrons. The number of carbonyl (C=O) groups is 2. The quantitative estimate of drug-likeness (QED) is 0.791. The van der Waals surface area contributed by atoms with Gasteiger partial charge in [0.15, 0.2) is 0 Å². The lowest BCUT2D eigenvalue weighted by molar-refractivity contribution is -0.138. The Labute approximate surface area is 101 Å². The first-order valence-corrected chi connectivity index (χ1v) is 5.05. The van der Waals surface area contributed by atoms with Gasteiger partial charge in [-0.2, -0.15) is 13.2 Å². The van der Waals surface area contributed by atoms with Gasteiger partial charge in [0.2, 0.25) is 0 Å². The van der Waals surface area contributed by atoms with Crippen LogP contribution in [0.4, 0.5) is 13.2 Å². The molecule has 3 N–H and O–H groups in total. The fourth-order valence-corrected chi connectivity index (χ4v) is 1.41. The lowest BCUT2D eigenvalue weighted by atomic mass is 10.0. The zero-order valence-electron chi connectivity index (χ0n) is 9.25. The number of primary amides is 1. The molecule has 0 saturated heterocycles. The van der Waals surface area contributed by atoms with Crippen LogP contribution in [-0.4, -0.2) is 18.4 Å². The van der Waals surface area contributed by atoms with E-state index < -0.39 is 23.6 Å². The molecule has 0 aliphatic heterocycles. The van der Waals surface area contributed by atoms with E-state index in [4.69, 9.17) is 0 Å². The highest BCUT2D eigenvalue weighted by Gasteiger charge is 2.32. The molecular weight excluding hydrogens is 249 g/mol. The van der Waals surface area contributed by atoms with Gasteiger partial charge in [0, 0.05) is 6.54 Å². The van der Waals surface area contributed by atoms with E-state index in [1.165, 1.54) is 18.2 Å². The van der Waals surface area contributed by atoms with Gasteiger partial charge in [0.1, 0.15) is 0 Å². The highest BCUT2D eigenvalue weighted by Crippen LogP contribution is 2.31. The lowest BCUT2D eigenvalue weighted by Crippen LogP contribution is -2.37. The Bertz CT molecular complexity index is 458. The number of nitrogens with one attached hydrogen (secondary N) is 1. The first-order chi connectivity index (χ1) is 8.32. The third-order valence-corrected chi connectivity index (χ3v) is 2.23. The van der Waals surface area contributed by atoms with Crippen molar-refractivity contribution in [2.24, 2.45) is 5.73 Å². The summed E-state index contributed by atoms with van der Waals surface area (Å²) < 4.78 is 37.8. The molecule has 1 rings (SSSR count). The minimum Gasteiger partial charge on any atom is -0.361 e. The van der Waals surface area contributed by atoms with Gasteiger partial charge >= 0.3 is 18.0 Å². The van der Waals surface area contributed by atoms with E-state index in [0.717, 1.165) is 6.07 Å². The summed E-state index contributed by atoms with van der Waals surface area (Å²) >= 11 is 0. The summed E-state index contributed by atoms with van der Waals surface area (Å²) in [7, 11) is 0. The minimum absolute atomic E-state index is 0.0330. The van der Waals surface area contributed by atoms with E-state index in [2.05, 4.69) is 11.1 Å². The topological polar surface area (TPSA) is 72.2 Å². The van der Waals surface area contributed by atoms with E-state index in [9.17, 15) is 22.8 Å². The second-order valence-electron chi connectivity index (χ2n) is 3.53. The Hall–Kier alpha value is -2.05. The lowest BCUT2D eigenvalue weighted by Gasteiger charge is -2.12. The van der Waals surface area contributed by atoms with Crippen LogP contribution in [0.2, 0.25) is 0 Å². The van der Waals surface area contributed by atoms with Gasteiger partial charge in [-0.25, -0.2) is 0 Å². The van der Waals surface area contributed by atoms with E-state index in [-0.39, 0.29) is 18.5 Å². The third kappa shape index (κ3) is 3.76. The number of halogens is 3. The number of rotatable bonds is 3. The highest BCUT2D eigenvalue weighted by molar-refractivity contribution is 6.34. The van der Waals surface area contributed by atoms with Crippen molar-refractivity contribution in [1.29, 1.82) is 0 Å². The average Bonchev–Trinajstić information content (AvgIpc) is 2.28. The molecule has 0 aliphatic carbocycles. The Morgan fingerprint density at radius 2 is 1.83 bits per heavy atom. The number of carbonyl (C=O) groups excluding carboxylic acids is 2. The standard InChI is InChI=1S/C11H11F3N2O2/c12-11(13,14)8-4-2-1-3-7(8)5-6-16-10(18)9(15)17/h1-4H,5-6H2,(H2,15,17)(H,16,18). The molecule has 1 aromatic rings. The summed E-state index contributed by atoms with van der Waals surface area (Å²) in [4.78, 5) is 21.2. The molecule has 4 nitrogen and oxygen atoms in total. The Morgan fingerprint density at radius 3 is 2.39 bits per heavy atom. The molecule has 2 amide bonds. The van der Waals surface area contributed by atoms with E-state index in [1.807, 2.05) is 0 Å². The van der Waals surface area contributed by atoms with Crippen LogP contribution in [0, 0.1) is 0 Å². The molecule has 0 spiro atoms. The fraction of sp³-hybridized carbons (Fsp3) is 0.273. The van der Waals surface area contributed by atoms with Crippen LogP contribution in [0.3, 0.4) is 0 Å². The monoisotopic (exact) mass is 260 g/mol. The number of amides is 2. The molecule has 7 heteroatoms.